The van der Waals surface area contributed by atoms with E-state index in [1.54, 1.807) is 12.4 Å². The molecule has 0 fully saturated rings. The van der Waals surface area contributed by atoms with Crippen LogP contribution in [0, 0.1) is 6.92 Å². The van der Waals surface area contributed by atoms with Crippen LogP contribution in [0.1, 0.15) is 5.56 Å². The molecule has 0 aliphatic heterocycles. The topological polar surface area (TPSA) is 40.2 Å². The van der Waals surface area contributed by atoms with Crippen LogP contribution in [0.3, 0.4) is 0 Å². The van der Waals surface area contributed by atoms with Crippen LogP contribution in [0.5, 0.6) is 0 Å². The van der Waals surface area contributed by atoms with Gasteiger partial charge in [0.25, 0.3) is 0 Å². The Balaban J connectivity index is 2.18. The highest BCUT2D eigenvalue weighted by Gasteiger charge is 2.18. The molecule has 0 atom stereocenters. The normalized spacial score (nSPS) is 11.9. The minimum atomic E-state index is 0.631. The first kappa shape index (κ1) is 10.1. The van der Waals surface area contributed by atoms with Crippen LogP contribution >= 0.6 is 0 Å². The SMILES string of the molecule is [2H][n+]1ccccc1-c1c(C)ccc2c1oc1ncccc12. The molecule has 3 nitrogen and oxygen atoms in total. The van der Waals surface area contributed by atoms with Crippen molar-refractivity contribution < 1.29 is 10.8 Å². The second kappa shape index (κ2) is 4.17. The van der Waals surface area contributed by atoms with Crippen molar-refractivity contribution in [2.24, 2.45) is 0 Å². The highest BCUT2D eigenvalue weighted by atomic mass is 16.3. The summed E-state index contributed by atoms with van der Waals surface area (Å²) in [6.07, 6.45) is 3.44. The monoisotopic (exact) mass is 262 g/mol. The summed E-state index contributed by atoms with van der Waals surface area (Å²) in [5, 5.41) is 2.03. The molecule has 0 aliphatic rings. The molecule has 1 aromatic carbocycles. The third kappa shape index (κ3) is 1.53. The molecule has 0 radical (unpaired) electrons. The molecule has 3 heteroatoms. The van der Waals surface area contributed by atoms with E-state index in [9.17, 15) is 0 Å². The molecule has 0 unspecified atom stereocenters. The van der Waals surface area contributed by atoms with Gasteiger partial charge in [-0.15, -0.1) is 0 Å². The number of aryl methyl sites for hydroxylation is 1. The zero-order valence-electron chi connectivity index (χ0n) is 12.0. The Labute approximate surface area is 117 Å². The lowest BCUT2D eigenvalue weighted by molar-refractivity contribution is -0.364. The third-order valence-corrected chi connectivity index (χ3v) is 3.55. The third-order valence-electron chi connectivity index (χ3n) is 3.55. The maximum Gasteiger partial charge on any atom is 0.453 e. The smallest absolute Gasteiger partial charge is 0.437 e. The van der Waals surface area contributed by atoms with Gasteiger partial charge in [0, 0.05) is 29.1 Å². The molecule has 96 valence electrons. The molecular formula is C17H13N2O+. The summed E-state index contributed by atoms with van der Waals surface area (Å²) in [7, 11) is 0. The summed E-state index contributed by atoms with van der Waals surface area (Å²) in [5.41, 5.74) is 4.25. The highest BCUT2D eigenvalue weighted by Crippen LogP contribution is 2.35. The van der Waals surface area contributed by atoms with Crippen molar-refractivity contribution in [2.75, 3.05) is 0 Å². The molecule has 0 amide bonds. The Morgan fingerprint density at radius 1 is 1.10 bits per heavy atom. The maximum atomic E-state index is 8.07. The molecule has 3 aromatic heterocycles. The van der Waals surface area contributed by atoms with Gasteiger partial charge in [-0.3, -0.25) is 0 Å². The first-order chi connectivity index (χ1) is 10.3. The lowest BCUT2D eigenvalue weighted by Crippen LogP contribution is -2.05. The van der Waals surface area contributed by atoms with Gasteiger partial charge in [0.2, 0.25) is 11.4 Å². The fourth-order valence-corrected chi connectivity index (χ4v) is 2.60. The number of rotatable bonds is 1. The summed E-state index contributed by atoms with van der Waals surface area (Å²) in [6, 6.07) is 13.7. The molecular weight excluding hydrogens is 248 g/mol. The molecule has 4 rings (SSSR count). The molecule has 0 aliphatic carbocycles. The lowest BCUT2D eigenvalue weighted by atomic mass is 10.0. The molecule has 0 saturated heterocycles. The number of nitrogens with one attached hydrogen (secondary N) is 1. The van der Waals surface area contributed by atoms with Crippen molar-refractivity contribution >= 4 is 22.1 Å². The Morgan fingerprint density at radius 2 is 2.05 bits per heavy atom. The van der Waals surface area contributed by atoms with Gasteiger partial charge >= 0.3 is 1.41 Å². The van der Waals surface area contributed by atoms with E-state index in [0.717, 1.165) is 33.2 Å². The summed E-state index contributed by atoms with van der Waals surface area (Å²) in [4.78, 5) is 5.65. The predicted octanol–water partition coefficient (Wildman–Crippen LogP) is 3.77. The van der Waals surface area contributed by atoms with E-state index >= 15 is 0 Å². The van der Waals surface area contributed by atoms with Gasteiger partial charge in [0.1, 0.15) is 0 Å². The van der Waals surface area contributed by atoms with E-state index < -0.39 is 0 Å². The van der Waals surface area contributed by atoms with Crippen molar-refractivity contribution in [1.29, 1.82) is 0 Å². The van der Waals surface area contributed by atoms with Crippen molar-refractivity contribution in [1.82, 2.24) is 4.98 Å². The standard InChI is InChI=1S/C17H12N2O/c1-11-7-8-12-13-5-4-10-19-17(13)20-16(12)15(11)14-6-2-3-9-18-14/h2-10H,1H3/p+1/i/hD. The number of hydrogen-bond acceptors (Lipinski definition) is 2. The number of nitrogens with zero attached hydrogens (tertiary/aromatic N) is 1. The second-order valence-corrected chi connectivity index (χ2v) is 4.81. The maximum absolute atomic E-state index is 8.07. The van der Waals surface area contributed by atoms with Crippen molar-refractivity contribution in [3.63, 3.8) is 0 Å². The Morgan fingerprint density at radius 3 is 2.95 bits per heavy atom. The number of aromatic amines is 1. The van der Waals surface area contributed by atoms with Gasteiger partial charge in [0.05, 0.1) is 5.56 Å². The van der Waals surface area contributed by atoms with Crippen LogP contribution < -0.4 is 4.98 Å². The summed E-state index contributed by atoms with van der Waals surface area (Å²) in [6.45, 7) is 2.03. The van der Waals surface area contributed by atoms with E-state index in [0.29, 0.717) is 5.71 Å². The van der Waals surface area contributed by atoms with Gasteiger partial charge < -0.3 is 4.42 Å². The number of aromatic nitrogens is 2. The zero-order chi connectivity index (χ0) is 14.4. The first-order valence-electron chi connectivity index (χ1n) is 6.97. The van der Waals surface area contributed by atoms with Crippen molar-refractivity contribution in [3.8, 4) is 11.3 Å². The fourth-order valence-electron chi connectivity index (χ4n) is 2.60. The largest absolute Gasteiger partial charge is 0.453 e. The van der Waals surface area contributed by atoms with Crippen molar-refractivity contribution in [3.05, 3.63) is 60.4 Å². The minimum Gasteiger partial charge on any atom is -0.437 e. The van der Waals surface area contributed by atoms with Gasteiger partial charge in [0.15, 0.2) is 11.8 Å². The molecule has 3 heterocycles. The average Bonchev–Trinajstić information content (AvgIpc) is 2.87. The molecule has 20 heavy (non-hydrogen) atoms. The van der Waals surface area contributed by atoms with E-state index in [-0.39, 0.29) is 0 Å². The van der Waals surface area contributed by atoms with E-state index in [2.05, 4.69) is 17.1 Å². The molecule has 1 N–H and O–H groups in total. The number of benzene rings is 1. The summed E-state index contributed by atoms with van der Waals surface area (Å²) < 4.78 is 14.0. The summed E-state index contributed by atoms with van der Waals surface area (Å²) >= 11 is 0. The number of hydrogen-bond donors (Lipinski definition) is 0. The fraction of sp³-hybridized carbons (Fsp3) is 0.0588. The van der Waals surface area contributed by atoms with Crippen LogP contribution in [-0.4, -0.2) is 4.98 Å². The van der Waals surface area contributed by atoms with Gasteiger partial charge in [-0.05, 0) is 30.7 Å². The van der Waals surface area contributed by atoms with Crippen molar-refractivity contribution in [2.45, 2.75) is 6.92 Å². The average molecular weight is 262 g/mol. The first-order valence-corrected chi connectivity index (χ1v) is 6.53. The quantitative estimate of drug-likeness (QED) is 0.524. The van der Waals surface area contributed by atoms with Crippen LogP contribution in [0.25, 0.3) is 33.3 Å². The number of fused-ring (bicyclic) bond motifs is 3. The summed E-state index contributed by atoms with van der Waals surface area (Å²) in [5.74, 6) is 0. The van der Waals surface area contributed by atoms with E-state index in [1.807, 2.05) is 37.3 Å². The Bertz CT molecular complexity index is 975. The van der Waals surface area contributed by atoms with Crippen LogP contribution in [0.15, 0.2) is 59.3 Å². The molecule has 4 aromatic rings. The number of furan rings is 1. The van der Waals surface area contributed by atoms with E-state index in [4.69, 9.17) is 5.83 Å². The van der Waals surface area contributed by atoms with Crippen LogP contribution in [-0.2, 0) is 0 Å². The Hall–Kier alpha value is -2.68. The number of H-pyrrole nitrogens is 1. The van der Waals surface area contributed by atoms with E-state index in [1.165, 1.54) is 4.98 Å². The molecule has 0 bridgehead atoms. The zero-order valence-corrected chi connectivity index (χ0v) is 11.0. The second-order valence-electron chi connectivity index (χ2n) is 4.81. The molecule has 0 saturated carbocycles. The molecule has 0 spiro atoms. The van der Waals surface area contributed by atoms with Crippen LogP contribution in [0.2, 0.25) is 1.41 Å². The minimum absolute atomic E-state index is 0.631. The highest BCUT2D eigenvalue weighted by molar-refractivity contribution is 6.08. The van der Waals surface area contributed by atoms with Crippen LogP contribution in [0.4, 0.5) is 0 Å². The lowest BCUT2D eigenvalue weighted by Gasteiger charge is -2.01. The Kier molecular flexibility index (Phi) is 2.11. The predicted molar refractivity (Wildman–Crippen MR) is 78.2 cm³/mol. The van der Waals surface area contributed by atoms with Gasteiger partial charge in [-0.25, -0.2) is 9.96 Å². The van der Waals surface area contributed by atoms with Gasteiger partial charge in [-0.2, -0.15) is 0 Å². The number of pyridine rings is 2. The van der Waals surface area contributed by atoms with Gasteiger partial charge in [-0.1, -0.05) is 12.1 Å².